The van der Waals surface area contributed by atoms with E-state index in [1.807, 2.05) is 13.8 Å². The molecule has 5 nitrogen and oxygen atoms in total. The highest BCUT2D eigenvalue weighted by atomic mass is 35.5. The zero-order valence-electron chi connectivity index (χ0n) is 11.1. The van der Waals surface area contributed by atoms with Crippen LogP contribution in [-0.4, -0.2) is 42.9 Å². The number of hydrogen-bond donors (Lipinski definition) is 2. The predicted octanol–water partition coefficient (Wildman–Crippen LogP) is 0.378. The lowest BCUT2D eigenvalue weighted by molar-refractivity contribution is -0.140. The van der Waals surface area contributed by atoms with Crippen LogP contribution in [0.25, 0.3) is 0 Å². The Morgan fingerprint density at radius 3 is 2.33 bits per heavy atom. The maximum absolute atomic E-state index is 12.3. The number of nitrogens with zero attached hydrogens (tertiary/aromatic N) is 1. The predicted molar refractivity (Wildman–Crippen MR) is 73.5 cm³/mol. The molecule has 0 saturated carbocycles. The molecule has 1 fully saturated rings. The van der Waals surface area contributed by atoms with Gasteiger partial charge >= 0.3 is 0 Å². The summed E-state index contributed by atoms with van der Waals surface area (Å²) in [5, 5.41) is 3.23. The van der Waals surface area contributed by atoms with Gasteiger partial charge in [-0.3, -0.25) is 9.59 Å². The molecule has 106 valence electrons. The van der Waals surface area contributed by atoms with Crippen molar-refractivity contribution in [2.75, 3.05) is 26.2 Å². The fourth-order valence-electron chi connectivity index (χ4n) is 2.19. The molecule has 0 aromatic carbocycles. The third-order valence-electron chi connectivity index (χ3n) is 2.93. The van der Waals surface area contributed by atoms with E-state index >= 15 is 0 Å². The monoisotopic (exact) mass is 277 g/mol. The highest BCUT2D eigenvalue weighted by molar-refractivity contribution is 5.85. The second-order valence-electron chi connectivity index (χ2n) is 5.10. The molecule has 18 heavy (non-hydrogen) atoms. The standard InChI is InChI=1S/C12H23N3O2.ClH/c1-9(2)7-15(8-11(13)16)12(17)10-3-5-14-6-4-10;/h9-10,14H,3-8H2,1-2H3,(H2,13,16);1H. The molecule has 1 rings (SSSR count). The van der Waals surface area contributed by atoms with Crippen LogP contribution in [0.1, 0.15) is 26.7 Å². The van der Waals surface area contributed by atoms with Crippen LogP contribution in [0.5, 0.6) is 0 Å². The number of nitrogens with two attached hydrogens (primary N) is 1. The summed E-state index contributed by atoms with van der Waals surface area (Å²) in [4.78, 5) is 24.9. The second-order valence-corrected chi connectivity index (χ2v) is 5.10. The summed E-state index contributed by atoms with van der Waals surface area (Å²) in [5.74, 6) is 0.0429. The molecule has 0 spiro atoms. The Kier molecular flexibility index (Phi) is 7.95. The molecule has 1 aliphatic heterocycles. The first kappa shape index (κ1) is 17.2. The molecular weight excluding hydrogens is 254 g/mol. The summed E-state index contributed by atoms with van der Waals surface area (Å²) in [6, 6.07) is 0. The average molecular weight is 278 g/mol. The van der Waals surface area contributed by atoms with Crippen molar-refractivity contribution in [1.29, 1.82) is 0 Å². The lowest BCUT2D eigenvalue weighted by Gasteiger charge is -2.30. The van der Waals surface area contributed by atoms with E-state index in [-0.39, 0.29) is 30.8 Å². The number of hydrogen-bond acceptors (Lipinski definition) is 3. The van der Waals surface area contributed by atoms with Gasteiger partial charge < -0.3 is 16.0 Å². The molecule has 6 heteroatoms. The van der Waals surface area contributed by atoms with Crippen LogP contribution < -0.4 is 11.1 Å². The Hall–Kier alpha value is -0.810. The van der Waals surface area contributed by atoms with E-state index in [0.717, 1.165) is 25.9 Å². The fourth-order valence-corrected chi connectivity index (χ4v) is 2.19. The summed E-state index contributed by atoms with van der Waals surface area (Å²) < 4.78 is 0. The smallest absolute Gasteiger partial charge is 0.237 e. The van der Waals surface area contributed by atoms with E-state index in [1.165, 1.54) is 0 Å². The second kappa shape index (κ2) is 8.32. The highest BCUT2D eigenvalue weighted by Gasteiger charge is 2.26. The lowest BCUT2D eigenvalue weighted by Crippen LogP contribution is -2.45. The summed E-state index contributed by atoms with van der Waals surface area (Å²) in [7, 11) is 0. The molecule has 0 aromatic rings. The Morgan fingerprint density at radius 1 is 1.33 bits per heavy atom. The minimum atomic E-state index is -0.437. The zero-order valence-corrected chi connectivity index (χ0v) is 12.0. The van der Waals surface area contributed by atoms with Gasteiger partial charge in [-0.05, 0) is 31.8 Å². The van der Waals surface area contributed by atoms with E-state index in [4.69, 9.17) is 5.73 Å². The van der Waals surface area contributed by atoms with Crippen LogP contribution in [0.4, 0.5) is 0 Å². The van der Waals surface area contributed by atoms with Gasteiger partial charge in [0.25, 0.3) is 0 Å². The molecule has 0 aromatic heterocycles. The third-order valence-corrected chi connectivity index (χ3v) is 2.93. The van der Waals surface area contributed by atoms with Gasteiger partial charge in [0.1, 0.15) is 0 Å². The number of rotatable bonds is 5. The van der Waals surface area contributed by atoms with Gasteiger partial charge in [0.05, 0.1) is 6.54 Å². The van der Waals surface area contributed by atoms with Crippen molar-refractivity contribution in [2.24, 2.45) is 17.6 Å². The molecule has 1 aliphatic rings. The topological polar surface area (TPSA) is 75.4 Å². The minimum Gasteiger partial charge on any atom is -0.368 e. The minimum absolute atomic E-state index is 0. The number of carbonyl (C=O) groups excluding carboxylic acids is 2. The van der Waals surface area contributed by atoms with Crippen molar-refractivity contribution in [3.63, 3.8) is 0 Å². The molecule has 0 unspecified atom stereocenters. The summed E-state index contributed by atoms with van der Waals surface area (Å²) in [6.07, 6.45) is 1.71. The van der Waals surface area contributed by atoms with E-state index in [0.29, 0.717) is 12.5 Å². The van der Waals surface area contributed by atoms with E-state index in [1.54, 1.807) is 4.90 Å². The van der Waals surface area contributed by atoms with Crippen molar-refractivity contribution in [1.82, 2.24) is 10.2 Å². The summed E-state index contributed by atoms with van der Waals surface area (Å²) in [5.41, 5.74) is 5.19. The van der Waals surface area contributed by atoms with Crippen LogP contribution in [0.2, 0.25) is 0 Å². The summed E-state index contributed by atoms with van der Waals surface area (Å²) in [6.45, 7) is 6.46. The molecule has 3 N–H and O–H groups in total. The molecule has 1 saturated heterocycles. The first-order valence-electron chi connectivity index (χ1n) is 6.28. The maximum atomic E-state index is 12.3. The van der Waals surface area contributed by atoms with Gasteiger partial charge in [0.2, 0.25) is 11.8 Å². The first-order chi connectivity index (χ1) is 8.00. The number of piperidine rings is 1. The number of amides is 2. The van der Waals surface area contributed by atoms with Crippen LogP contribution in [0, 0.1) is 11.8 Å². The van der Waals surface area contributed by atoms with Crippen LogP contribution >= 0.6 is 12.4 Å². The molecule has 0 radical (unpaired) electrons. The lowest BCUT2D eigenvalue weighted by atomic mass is 9.96. The SMILES string of the molecule is CC(C)CN(CC(N)=O)C(=O)C1CCNCC1.Cl. The number of carbonyl (C=O) groups is 2. The van der Waals surface area contributed by atoms with E-state index < -0.39 is 5.91 Å². The Morgan fingerprint density at radius 2 is 1.89 bits per heavy atom. The van der Waals surface area contributed by atoms with Crippen molar-refractivity contribution in [2.45, 2.75) is 26.7 Å². The molecular formula is C12H24ClN3O2. The van der Waals surface area contributed by atoms with E-state index in [2.05, 4.69) is 5.32 Å². The normalized spacial score (nSPS) is 16.2. The quantitative estimate of drug-likeness (QED) is 0.763. The van der Waals surface area contributed by atoms with Crippen LogP contribution in [-0.2, 0) is 9.59 Å². The molecule has 2 amide bonds. The van der Waals surface area contributed by atoms with Crippen molar-refractivity contribution in [3.05, 3.63) is 0 Å². The van der Waals surface area contributed by atoms with Gasteiger partial charge in [-0.1, -0.05) is 13.8 Å². The van der Waals surface area contributed by atoms with Crippen molar-refractivity contribution >= 4 is 24.2 Å². The zero-order chi connectivity index (χ0) is 12.8. The van der Waals surface area contributed by atoms with E-state index in [9.17, 15) is 9.59 Å². The Balaban J connectivity index is 0.00000289. The molecule has 1 heterocycles. The van der Waals surface area contributed by atoms with Gasteiger partial charge in [-0.25, -0.2) is 0 Å². The van der Waals surface area contributed by atoms with Gasteiger partial charge in [-0.15, -0.1) is 12.4 Å². The third kappa shape index (κ3) is 5.69. The Bertz CT molecular complexity index is 278. The van der Waals surface area contributed by atoms with Gasteiger partial charge in [0, 0.05) is 12.5 Å². The molecule has 0 aliphatic carbocycles. The number of nitrogens with one attached hydrogen (secondary N) is 1. The number of halogens is 1. The maximum Gasteiger partial charge on any atom is 0.237 e. The van der Waals surface area contributed by atoms with Crippen LogP contribution in [0.15, 0.2) is 0 Å². The highest BCUT2D eigenvalue weighted by Crippen LogP contribution is 2.16. The van der Waals surface area contributed by atoms with Gasteiger partial charge in [-0.2, -0.15) is 0 Å². The summed E-state index contributed by atoms with van der Waals surface area (Å²) >= 11 is 0. The van der Waals surface area contributed by atoms with Crippen LogP contribution in [0.3, 0.4) is 0 Å². The molecule has 0 atom stereocenters. The fraction of sp³-hybridized carbons (Fsp3) is 0.833. The number of primary amides is 1. The Labute approximate surface area is 115 Å². The van der Waals surface area contributed by atoms with Crippen molar-refractivity contribution < 1.29 is 9.59 Å². The average Bonchev–Trinajstić information content (AvgIpc) is 2.27. The van der Waals surface area contributed by atoms with Crippen molar-refractivity contribution in [3.8, 4) is 0 Å². The van der Waals surface area contributed by atoms with Gasteiger partial charge in [0.15, 0.2) is 0 Å². The largest absolute Gasteiger partial charge is 0.368 e. The molecule has 0 bridgehead atoms. The first-order valence-corrected chi connectivity index (χ1v) is 6.28.